The van der Waals surface area contributed by atoms with Gasteiger partial charge in [-0.25, -0.2) is 4.68 Å². The van der Waals surface area contributed by atoms with E-state index in [2.05, 4.69) is 18.8 Å². The maximum absolute atomic E-state index is 12.6. The molecule has 0 bridgehead atoms. The molecule has 5 nitrogen and oxygen atoms in total. The van der Waals surface area contributed by atoms with E-state index in [0.29, 0.717) is 0 Å². The predicted molar refractivity (Wildman–Crippen MR) is 113 cm³/mol. The minimum atomic E-state index is 0.0355. The van der Waals surface area contributed by atoms with Crippen molar-refractivity contribution in [2.24, 2.45) is 0 Å². The van der Waals surface area contributed by atoms with Crippen molar-refractivity contribution in [2.45, 2.75) is 26.7 Å². The molecule has 28 heavy (non-hydrogen) atoms. The molecular weight excluding hydrogens is 348 g/mol. The van der Waals surface area contributed by atoms with Crippen molar-refractivity contribution < 1.29 is 4.79 Å². The number of hydrogen-bond donors (Lipinski definition) is 0. The molecule has 5 heteroatoms. The van der Waals surface area contributed by atoms with E-state index in [-0.39, 0.29) is 5.91 Å². The van der Waals surface area contributed by atoms with E-state index in [0.717, 1.165) is 48.4 Å². The van der Waals surface area contributed by atoms with E-state index in [4.69, 9.17) is 5.10 Å². The van der Waals surface area contributed by atoms with E-state index in [1.807, 2.05) is 64.3 Å². The number of nitrogens with zero attached hydrogens (tertiary/aromatic N) is 4. The lowest BCUT2D eigenvalue weighted by Crippen LogP contribution is -2.30. The van der Waals surface area contributed by atoms with Gasteiger partial charge in [0.2, 0.25) is 5.91 Å². The van der Waals surface area contributed by atoms with E-state index in [1.54, 1.807) is 18.5 Å². The van der Waals surface area contributed by atoms with Crippen LogP contribution in [0.2, 0.25) is 0 Å². The first kappa shape index (κ1) is 19.5. The summed E-state index contributed by atoms with van der Waals surface area (Å²) in [6, 6.07) is 13.8. The molecule has 144 valence electrons. The number of aromatic nitrogens is 3. The van der Waals surface area contributed by atoms with Crippen molar-refractivity contribution in [2.75, 3.05) is 13.1 Å². The van der Waals surface area contributed by atoms with Crippen LogP contribution in [0.4, 0.5) is 0 Å². The third-order valence-electron chi connectivity index (χ3n) is 4.40. The standard InChI is InChI=1S/C23H26N4O/c1-3-15-26(16-4-2)22(28)13-12-20-18-27(21-10-6-5-7-11-21)25-23(20)19-9-8-14-24-17-19/h5-14,17-18H,3-4,15-16H2,1-2H3/b13-12-. The Labute approximate surface area is 166 Å². The number of hydrogen-bond acceptors (Lipinski definition) is 3. The average Bonchev–Trinajstić information content (AvgIpc) is 3.17. The monoisotopic (exact) mass is 374 g/mol. The Bertz CT molecular complexity index is 910. The van der Waals surface area contributed by atoms with Gasteiger partial charge < -0.3 is 4.90 Å². The zero-order valence-corrected chi connectivity index (χ0v) is 16.5. The highest BCUT2D eigenvalue weighted by Crippen LogP contribution is 2.24. The lowest BCUT2D eigenvalue weighted by Gasteiger charge is -2.19. The maximum atomic E-state index is 12.6. The van der Waals surface area contributed by atoms with E-state index in [9.17, 15) is 4.79 Å². The lowest BCUT2D eigenvalue weighted by atomic mass is 10.1. The molecule has 1 amide bonds. The second-order valence-electron chi connectivity index (χ2n) is 6.61. The van der Waals surface area contributed by atoms with E-state index >= 15 is 0 Å². The number of para-hydroxylation sites is 1. The van der Waals surface area contributed by atoms with Gasteiger partial charge in [0.05, 0.1) is 5.69 Å². The minimum absolute atomic E-state index is 0.0355. The van der Waals surface area contributed by atoms with Crippen molar-refractivity contribution in [3.05, 3.63) is 72.7 Å². The van der Waals surface area contributed by atoms with Crippen LogP contribution in [-0.2, 0) is 4.79 Å². The number of carbonyl (C=O) groups is 1. The van der Waals surface area contributed by atoms with Crippen LogP contribution in [-0.4, -0.2) is 38.7 Å². The smallest absolute Gasteiger partial charge is 0.246 e. The van der Waals surface area contributed by atoms with Gasteiger partial charge in [0.15, 0.2) is 0 Å². The van der Waals surface area contributed by atoms with Gasteiger partial charge in [0.25, 0.3) is 0 Å². The fourth-order valence-electron chi connectivity index (χ4n) is 3.09. The summed E-state index contributed by atoms with van der Waals surface area (Å²) in [5.41, 5.74) is 3.58. The fraction of sp³-hybridized carbons (Fsp3) is 0.261. The first-order valence-electron chi connectivity index (χ1n) is 9.75. The molecule has 0 radical (unpaired) electrons. The largest absolute Gasteiger partial charge is 0.339 e. The summed E-state index contributed by atoms with van der Waals surface area (Å²) in [5.74, 6) is 0.0355. The Morgan fingerprint density at radius 1 is 1.07 bits per heavy atom. The van der Waals surface area contributed by atoms with Gasteiger partial charge in [-0.2, -0.15) is 5.10 Å². The summed E-state index contributed by atoms with van der Waals surface area (Å²) >= 11 is 0. The number of carbonyl (C=O) groups excluding carboxylic acids is 1. The number of benzene rings is 1. The van der Waals surface area contributed by atoms with Crippen LogP contribution < -0.4 is 0 Å². The van der Waals surface area contributed by atoms with Crippen LogP contribution in [0.15, 0.2) is 67.1 Å². The van der Waals surface area contributed by atoms with Crippen molar-refractivity contribution in [3.63, 3.8) is 0 Å². The molecule has 3 rings (SSSR count). The van der Waals surface area contributed by atoms with Crippen LogP contribution >= 0.6 is 0 Å². The number of rotatable bonds is 8. The zero-order chi connectivity index (χ0) is 19.8. The molecule has 0 saturated heterocycles. The van der Waals surface area contributed by atoms with Crippen LogP contribution in [0.1, 0.15) is 32.3 Å². The molecule has 0 atom stereocenters. The molecule has 0 unspecified atom stereocenters. The highest BCUT2D eigenvalue weighted by Gasteiger charge is 2.12. The third kappa shape index (κ3) is 4.74. The maximum Gasteiger partial charge on any atom is 0.246 e. The molecule has 0 aliphatic heterocycles. The number of pyridine rings is 1. The molecule has 2 aromatic heterocycles. The zero-order valence-electron chi connectivity index (χ0n) is 16.5. The van der Waals surface area contributed by atoms with Crippen LogP contribution in [0.25, 0.3) is 23.0 Å². The molecule has 1 aromatic carbocycles. The summed E-state index contributed by atoms with van der Waals surface area (Å²) in [7, 11) is 0. The second kappa shape index (κ2) is 9.65. The normalized spacial score (nSPS) is 11.1. The van der Waals surface area contributed by atoms with Gasteiger partial charge in [-0.15, -0.1) is 0 Å². The molecule has 0 saturated carbocycles. The van der Waals surface area contributed by atoms with Gasteiger partial charge in [-0.3, -0.25) is 9.78 Å². The Kier molecular flexibility index (Phi) is 6.73. The SMILES string of the molecule is CCCN(CCC)C(=O)/C=C\c1cn(-c2ccccc2)nc1-c1cccnc1. The Hall–Kier alpha value is -3.21. The number of amides is 1. The van der Waals surface area contributed by atoms with E-state index < -0.39 is 0 Å². The van der Waals surface area contributed by atoms with Crippen LogP contribution in [0, 0.1) is 0 Å². The molecule has 0 fully saturated rings. The molecular formula is C23H26N4O. The topological polar surface area (TPSA) is 51.0 Å². The van der Waals surface area contributed by atoms with Gasteiger partial charge in [-0.1, -0.05) is 32.0 Å². The predicted octanol–water partition coefficient (Wildman–Crippen LogP) is 4.60. The third-order valence-corrected chi connectivity index (χ3v) is 4.40. The summed E-state index contributed by atoms with van der Waals surface area (Å²) < 4.78 is 1.84. The van der Waals surface area contributed by atoms with Gasteiger partial charge in [0.1, 0.15) is 5.69 Å². The first-order valence-corrected chi connectivity index (χ1v) is 9.75. The molecule has 0 N–H and O–H groups in total. The van der Waals surface area contributed by atoms with Gasteiger partial charge in [0, 0.05) is 48.9 Å². The van der Waals surface area contributed by atoms with Crippen LogP contribution in [0.3, 0.4) is 0 Å². The molecule has 0 aliphatic carbocycles. The summed E-state index contributed by atoms with van der Waals surface area (Å²) in [6.07, 6.45) is 10.9. The molecule has 0 aliphatic rings. The quantitative estimate of drug-likeness (QED) is 0.542. The molecule has 3 aromatic rings. The summed E-state index contributed by atoms with van der Waals surface area (Å²) in [4.78, 5) is 18.7. The second-order valence-corrected chi connectivity index (χ2v) is 6.61. The van der Waals surface area contributed by atoms with Crippen molar-refractivity contribution in [3.8, 4) is 16.9 Å². The highest BCUT2D eigenvalue weighted by atomic mass is 16.2. The Morgan fingerprint density at radius 3 is 2.46 bits per heavy atom. The average molecular weight is 374 g/mol. The van der Waals surface area contributed by atoms with Gasteiger partial charge >= 0.3 is 0 Å². The highest BCUT2D eigenvalue weighted by molar-refractivity contribution is 5.92. The van der Waals surface area contributed by atoms with E-state index in [1.165, 1.54) is 0 Å². The fourth-order valence-corrected chi connectivity index (χ4v) is 3.09. The Morgan fingerprint density at radius 2 is 1.82 bits per heavy atom. The minimum Gasteiger partial charge on any atom is -0.339 e. The first-order chi connectivity index (χ1) is 13.7. The molecule has 2 heterocycles. The Balaban J connectivity index is 1.94. The van der Waals surface area contributed by atoms with Gasteiger partial charge in [-0.05, 0) is 43.2 Å². The lowest BCUT2D eigenvalue weighted by molar-refractivity contribution is -0.126. The summed E-state index contributed by atoms with van der Waals surface area (Å²) in [5, 5.41) is 4.75. The van der Waals surface area contributed by atoms with Crippen molar-refractivity contribution >= 4 is 12.0 Å². The van der Waals surface area contributed by atoms with Crippen molar-refractivity contribution in [1.29, 1.82) is 0 Å². The molecule has 0 spiro atoms. The summed E-state index contributed by atoms with van der Waals surface area (Å²) in [6.45, 7) is 5.72. The van der Waals surface area contributed by atoms with Crippen molar-refractivity contribution in [1.82, 2.24) is 19.7 Å². The van der Waals surface area contributed by atoms with Crippen LogP contribution in [0.5, 0.6) is 0 Å².